The number of benzene rings is 3. The van der Waals surface area contributed by atoms with E-state index in [4.69, 9.17) is 0 Å². The Labute approximate surface area is 150 Å². The highest BCUT2D eigenvalue weighted by molar-refractivity contribution is 7.80. The molecular weight excluding hydrogens is 359 g/mol. The van der Waals surface area contributed by atoms with E-state index in [1.54, 1.807) is 12.1 Å². The molecule has 0 radical (unpaired) electrons. The van der Waals surface area contributed by atoms with Gasteiger partial charge in [0.15, 0.2) is 0 Å². The highest BCUT2D eigenvalue weighted by Crippen LogP contribution is 2.34. The summed E-state index contributed by atoms with van der Waals surface area (Å²) in [5.41, 5.74) is -0.0643. The van der Waals surface area contributed by atoms with E-state index in [1.165, 1.54) is 12.1 Å². The molecule has 3 rings (SSSR count). The Morgan fingerprint density at radius 1 is 0.731 bits per heavy atom. The van der Waals surface area contributed by atoms with Gasteiger partial charge in [-0.3, -0.25) is 4.79 Å². The predicted octanol–water partition coefficient (Wildman–Crippen LogP) is 3.95. The van der Waals surface area contributed by atoms with Gasteiger partial charge in [-0.05, 0) is 29.9 Å². The van der Waals surface area contributed by atoms with E-state index in [-0.39, 0.29) is 5.56 Å². The molecule has 0 saturated carbocycles. The molecule has 26 heavy (non-hydrogen) atoms. The standard InChI is InChI=1S/C19H14BF3O2P/c21-20(22,23)25-19(24)17-13-7-8-14-18(17)26(15-9-3-1-4-10-15)16-11-5-2-6-12-16/h1-14H/q-1. The molecule has 0 saturated heterocycles. The molecule has 0 bridgehead atoms. The van der Waals surface area contributed by atoms with Crippen LogP contribution < -0.4 is 15.9 Å². The summed E-state index contributed by atoms with van der Waals surface area (Å²) >= 11 is 0. The maximum Gasteiger partial charge on any atom is 0.702 e. The van der Waals surface area contributed by atoms with Crippen LogP contribution in [0, 0.1) is 0 Å². The van der Waals surface area contributed by atoms with Crippen molar-refractivity contribution in [3.63, 3.8) is 0 Å². The number of hydrogen-bond acceptors (Lipinski definition) is 2. The summed E-state index contributed by atoms with van der Waals surface area (Å²) in [6, 6.07) is 25.2. The maximum absolute atomic E-state index is 12.6. The van der Waals surface area contributed by atoms with Crippen LogP contribution in [0.5, 0.6) is 0 Å². The quantitative estimate of drug-likeness (QED) is 0.500. The lowest BCUT2D eigenvalue weighted by atomic mass is 10.2. The third-order valence-corrected chi connectivity index (χ3v) is 6.14. The summed E-state index contributed by atoms with van der Waals surface area (Å²) < 4.78 is 41.5. The topological polar surface area (TPSA) is 26.3 Å². The molecule has 0 amide bonds. The Balaban J connectivity index is 2.13. The van der Waals surface area contributed by atoms with Gasteiger partial charge in [0, 0.05) is 0 Å². The Morgan fingerprint density at radius 2 is 1.19 bits per heavy atom. The second-order valence-corrected chi connectivity index (χ2v) is 7.63. The SMILES string of the molecule is O=C(O[B-](F)(F)F)c1ccccc1P(c1ccccc1)c1ccccc1. The van der Waals surface area contributed by atoms with Crippen molar-refractivity contribution in [2.24, 2.45) is 0 Å². The summed E-state index contributed by atoms with van der Waals surface area (Å²) in [6.45, 7) is 0. The van der Waals surface area contributed by atoms with Gasteiger partial charge in [0.1, 0.15) is 0 Å². The Bertz CT molecular complexity index is 847. The maximum atomic E-state index is 12.6. The highest BCUT2D eigenvalue weighted by atomic mass is 31.1. The fraction of sp³-hybridized carbons (Fsp3) is 0. The average Bonchev–Trinajstić information content (AvgIpc) is 2.63. The van der Waals surface area contributed by atoms with Gasteiger partial charge in [0.05, 0.1) is 5.56 Å². The van der Waals surface area contributed by atoms with Crippen LogP contribution in [-0.4, -0.2) is 13.1 Å². The van der Waals surface area contributed by atoms with E-state index in [0.29, 0.717) is 5.30 Å². The van der Waals surface area contributed by atoms with Crippen LogP contribution in [-0.2, 0) is 4.65 Å². The minimum Gasteiger partial charge on any atom is -0.605 e. The Morgan fingerprint density at radius 3 is 1.69 bits per heavy atom. The molecule has 0 atom stereocenters. The van der Waals surface area contributed by atoms with Crippen LogP contribution in [0.25, 0.3) is 0 Å². The van der Waals surface area contributed by atoms with Crippen LogP contribution in [0.1, 0.15) is 10.4 Å². The van der Waals surface area contributed by atoms with Crippen molar-refractivity contribution in [1.29, 1.82) is 0 Å². The number of hydrogen-bond donors (Lipinski definition) is 0. The van der Waals surface area contributed by atoms with Crippen molar-refractivity contribution in [2.45, 2.75) is 0 Å². The van der Waals surface area contributed by atoms with Crippen molar-refractivity contribution in [1.82, 2.24) is 0 Å². The largest absolute Gasteiger partial charge is 0.702 e. The van der Waals surface area contributed by atoms with E-state index < -0.39 is 21.1 Å². The average molecular weight is 373 g/mol. The number of carbonyl (C=O) groups is 1. The normalized spacial score (nSPS) is 11.4. The first-order valence-electron chi connectivity index (χ1n) is 7.87. The molecule has 3 aromatic rings. The molecule has 132 valence electrons. The molecule has 3 aromatic carbocycles. The van der Waals surface area contributed by atoms with E-state index in [9.17, 15) is 17.7 Å². The van der Waals surface area contributed by atoms with Crippen LogP contribution >= 0.6 is 7.92 Å². The zero-order valence-corrected chi connectivity index (χ0v) is 14.5. The van der Waals surface area contributed by atoms with Gasteiger partial charge in [-0.15, -0.1) is 0 Å². The molecule has 0 spiro atoms. The Hall–Kier alpha value is -2.59. The first kappa shape index (κ1) is 18.2. The number of rotatable bonds is 5. The van der Waals surface area contributed by atoms with Crippen molar-refractivity contribution in [2.75, 3.05) is 0 Å². The predicted molar refractivity (Wildman–Crippen MR) is 99.6 cm³/mol. The zero-order valence-electron chi connectivity index (χ0n) is 13.6. The highest BCUT2D eigenvalue weighted by Gasteiger charge is 2.32. The molecule has 0 N–H and O–H groups in total. The summed E-state index contributed by atoms with van der Waals surface area (Å²) in [5.74, 6) is -1.37. The minimum atomic E-state index is -5.67. The molecule has 0 aliphatic rings. The lowest BCUT2D eigenvalue weighted by molar-refractivity contribution is 0.0626. The van der Waals surface area contributed by atoms with Gasteiger partial charge in [-0.1, -0.05) is 78.9 Å². The second kappa shape index (κ2) is 7.75. The molecule has 0 aliphatic carbocycles. The monoisotopic (exact) mass is 373 g/mol. The van der Waals surface area contributed by atoms with Crippen LogP contribution in [0.15, 0.2) is 84.9 Å². The zero-order chi connectivity index (χ0) is 18.6. The fourth-order valence-corrected chi connectivity index (χ4v) is 5.04. The molecule has 0 aromatic heterocycles. The van der Waals surface area contributed by atoms with Crippen molar-refractivity contribution < 1.29 is 22.4 Å². The van der Waals surface area contributed by atoms with Crippen LogP contribution in [0.4, 0.5) is 12.9 Å². The smallest absolute Gasteiger partial charge is 0.605 e. The number of carbonyl (C=O) groups excluding carboxylic acids is 1. The second-order valence-electron chi connectivity index (χ2n) is 5.44. The molecule has 0 aliphatic heterocycles. The van der Waals surface area contributed by atoms with Crippen LogP contribution in [0.2, 0.25) is 0 Å². The lowest BCUT2D eigenvalue weighted by Crippen LogP contribution is -2.30. The summed E-state index contributed by atoms with van der Waals surface area (Å²) in [4.78, 5) is 12.1. The molecule has 2 nitrogen and oxygen atoms in total. The van der Waals surface area contributed by atoms with E-state index in [0.717, 1.165) is 10.6 Å². The molecule has 0 fully saturated rings. The lowest BCUT2D eigenvalue weighted by Gasteiger charge is -2.23. The fourth-order valence-electron chi connectivity index (χ4n) is 2.61. The molecule has 0 heterocycles. The third-order valence-electron chi connectivity index (χ3n) is 3.63. The van der Waals surface area contributed by atoms with Gasteiger partial charge in [-0.25, -0.2) is 0 Å². The van der Waals surface area contributed by atoms with Crippen LogP contribution in [0.3, 0.4) is 0 Å². The van der Waals surface area contributed by atoms with Crippen molar-refractivity contribution >= 4 is 37.0 Å². The summed E-state index contributed by atoms with van der Waals surface area (Å²) in [5, 5.41) is 2.41. The van der Waals surface area contributed by atoms with E-state index in [1.807, 2.05) is 60.7 Å². The van der Waals surface area contributed by atoms with Gasteiger partial charge >= 0.3 is 7.18 Å². The van der Waals surface area contributed by atoms with E-state index >= 15 is 0 Å². The minimum absolute atomic E-state index is 0.0643. The first-order chi connectivity index (χ1) is 12.5. The third kappa shape index (κ3) is 4.33. The summed E-state index contributed by atoms with van der Waals surface area (Å²) in [7, 11) is -6.87. The van der Waals surface area contributed by atoms with E-state index in [2.05, 4.69) is 4.65 Å². The van der Waals surface area contributed by atoms with Crippen molar-refractivity contribution in [3.8, 4) is 0 Å². The number of halogens is 3. The van der Waals surface area contributed by atoms with Gasteiger partial charge in [0.2, 0.25) is 0 Å². The first-order valence-corrected chi connectivity index (χ1v) is 9.21. The van der Waals surface area contributed by atoms with Gasteiger partial charge in [-0.2, -0.15) is 0 Å². The molecule has 7 heteroatoms. The summed E-state index contributed by atoms with van der Waals surface area (Å²) in [6.07, 6.45) is 0. The Kier molecular flexibility index (Phi) is 5.43. The van der Waals surface area contributed by atoms with Crippen molar-refractivity contribution in [3.05, 3.63) is 90.5 Å². The van der Waals surface area contributed by atoms with Gasteiger partial charge in [0.25, 0.3) is 5.97 Å². The molecule has 0 unspecified atom stereocenters. The van der Waals surface area contributed by atoms with Gasteiger partial charge < -0.3 is 17.6 Å². The molecular formula is C19H14BF3O2P-.